The van der Waals surface area contributed by atoms with E-state index in [4.69, 9.17) is 26.5 Å². The molecular weight excluding hydrogens is 456 g/mol. The lowest BCUT2D eigenvalue weighted by Crippen LogP contribution is -2.63. The van der Waals surface area contributed by atoms with E-state index in [-0.39, 0.29) is 41.7 Å². The van der Waals surface area contributed by atoms with E-state index >= 15 is 0 Å². The summed E-state index contributed by atoms with van der Waals surface area (Å²) >= 11 is 6.48. The summed E-state index contributed by atoms with van der Waals surface area (Å²) < 4.78 is 11.4. The van der Waals surface area contributed by atoms with Gasteiger partial charge in [0.1, 0.15) is 11.4 Å². The van der Waals surface area contributed by atoms with Crippen molar-refractivity contribution < 1.29 is 19.1 Å². The summed E-state index contributed by atoms with van der Waals surface area (Å²) in [6.45, 7) is 8.27. The summed E-state index contributed by atoms with van der Waals surface area (Å²) in [7, 11) is 1.62. The second-order valence-corrected chi connectivity index (χ2v) is 11.3. The van der Waals surface area contributed by atoms with Crippen molar-refractivity contribution in [3.8, 4) is 5.75 Å². The van der Waals surface area contributed by atoms with E-state index in [1.54, 1.807) is 7.11 Å². The molecule has 2 aliphatic heterocycles. The normalized spacial score (nSPS) is 27.8. The number of fused-ring (bicyclic) bond motifs is 1. The SMILES string of the molecule is COCC[C@H]([C@@H]1C[C@H]1C(=O)N[C@@H]1CC(C)(C)Oc2cccc(Cl)c21)N1C(=N)NC(C)(C)CC1=O. The molecule has 0 unspecified atom stereocenters. The predicted molar refractivity (Wildman–Crippen MR) is 130 cm³/mol. The molecule has 4 atom stereocenters. The maximum atomic E-state index is 13.3. The second kappa shape index (κ2) is 9.04. The van der Waals surface area contributed by atoms with Crippen molar-refractivity contribution in [1.82, 2.24) is 15.5 Å². The van der Waals surface area contributed by atoms with Gasteiger partial charge in [0, 0.05) is 54.6 Å². The summed E-state index contributed by atoms with van der Waals surface area (Å²) in [5.74, 6) is 0.397. The molecule has 3 N–H and O–H groups in total. The molecule has 186 valence electrons. The molecule has 0 aromatic heterocycles. The van der Waals surface area contributed by atoms with Crippen molar-refractivity contribution in [3.63, 3.8) is 0 Å². The molecule has 34 heavy (non-hydrogen) atoms. The van der Waals surface area contributed by atoms with E-state index in [1.165, 1.54) is 4.90 Å². The Morgan fingerprint density at radius 3 is 2.79 bits per heavy atom. The van der Waals surface area contributed by atoms with Crippen molar-refractivity contribution in [2.45, 2.75) is 76.6 Å². The highest BCUT2D eigenvalue weighted by Crippen LogP contribution is 2.47. The van der Waals surface area contributed by atoms with Gasteiger partial charge in [0.15, 0.2) is 5.96 Å². The fraction of sp³-hybridized carbons (Fsp3) is 0.640. The van der Waals surface area contributed by atoms with Crippen LogP contribution in [-0.2, 0) is 14.3 Å². The fourth-order valence-corrected chi connectivity index (χ4v) is 5.66. The number of halogens is 1. The zero-order valence-corrected chi connectivity index (χ0v) is 21.3. The summed E-state index contributed by atoms with van der Waals surface area (Å²) in [5.41, 5.74) is -0.0865. The molecule has 2 heterocycles. The largest absolute Gasteiger partial charge is 0.487 e. The number of benzene rings is 1. The minimum atomic E-state index is -0.459. The highest BCUT2D eigenvalue weighted by Gasteiger charge is 2.53. The number of nitrogens with one attached hydrogen (secondary N) is 3. The molecule has 4 rings (SSSR count). The van der Waals surface area contributed by atoms with Crippen molar-refractivity contribution in [2.24, 2.45) is 11.8 Å². The lowest BCUT2D eigenvalue weighted by molar-refractivity contribution is -0.133. The standard InChI is InChI=1S/C25H35ClN4O4/c1-24(2)13-20(31)30(23(27)29-24)18(9-10-33-5)14-11-15(14)22(32)28-17-12-25(3,4)34-19-8-6-7-16(26)21(17)19/h6-8,14-15,17-18H,9-13H2,1-5H3,(H2,27,29)(H,28,32)/t14-,15-,17-,18-/m1/s1. The molecule has 1 aliphatic carbocycles. The Morgan fingerprint density at radius 1 is 1.38 bits per heavy atom. The van der Waals surface area contributed by atoms with Crippen LogP contribution in [0.15, 0.2) is 18.2 Å². The van der Waals surface area contributed by atoms with Gasteiger partial charge in [-0.3, -0.25) is 19.9 Å². The quantitative estimate of drug-likeness (QED) is 0.541. The van der Waals surface area contributed by atoms with Gasteiger partial charge in [-0.15, -0.1) is 0 Å². The van der Waals surface area contributed by atoms with Gasteiger partial charge in [-0.05, 0) is 58.6 Å². The van der Waals surface area contributed by atoms with E-state index in [0.29, 0.717) is 43.1 Å². The molecule has 2 amide bonds. The Hall–Kier alpha value is -2.32. The topological polar surface area (TPSA) is 104 Å². The Bertz CT molecular complexity index is 975. The number of amides is 2. The third-order valence-electron chi connectivity index (χ3n) is 6.94. The molecule has 1 aromatic carbocycles. The van der Waals surface area contributed by atoms with Crippen molar-refractivity contribution in [3.05, 3.63) is 28.8 Å². The van der Waals surface area contributed by atoms with Crippen LogP contribution < -0.4 is 15.4 Å². The van der Waals surface area contributed by atoms with Crippen molar-refractivity contribution in [1.29, 1.82) is 5.41 Å². The molecule has 1 saturated heterocycles. The third-order valence-corrected chi connectivity index (χ3v) is 7.27. The summed E-state index contributed by atoms with van der Waals surface area (Å²) in [6.07, 6.45) is 2.14. The molecule has 9 heteroatoms. The highest BCUT2D eigenvalue weighted by molar-refractivity contribution is 6.31. The molecule has 0 radical (unpaired) electrons. The number of hydrogen-bond acceptors (Lipinski definition) is 5. The molecule has 8 nitrogen and oxygen atoms in total. The first-order valence-electron chi connectivity index (χ1n) is 11.9. The van der Waals surface area contributed by atoms with Crippen LogP contribution >= 0.6 is 11.6 Å². The average Bonchev–Trinajstić information content (AvgIpc) is 3.48. The summed E-state index contributed by atoms with van der Waals surface area (Å²) in [4.78, 5) is 27.8. The van der Waals surface area contributed by atoms with Gasteiger partial charge in [0.05, 0.1) is 6.04 Å². The number of hydrogen-bond donors (Lipinski definition) is 3. The lowest BCUT2D eigenvalue weighted by atomic mass is 9.89. The van der Waals surface area contributed by atoms with Crippen LogP contribution in [-0.4, -0.2) is 53.6 Å². The van der Waals surface area contributed by atoms with E-state index in [1.807, 2.05) is 45.9 Å². The number of guanidine groups is 1. The third kappa shape index (κ3) is 5.03. The Kier molecular flexibility index (Phi) is 6.59. The Labute approximate surface area is 206 Å². The van der Waals surface area contributed by atoms with Crippen LogP contribution in [0.1, 0.15) is 65.0 Å². The number of carbonyl (C=O) groups is 2. The van der Waals surface area contributed by atoms with Crippen LogP contribution in [0, 0.1) is 17.2 Å². The minimum Gasteiger partial charge on any atom is -0.487 e. The van der Waals surface area contributed by atoms with Crippen molar-refractivity contribution in [2.75, 3.05) is 13.7 Å². The zero-order valence-electron chi connectivity index (χ0n) is 20.5. The summed E-state index contributed by atoms with van der Waals surface area (Å²) in [5, 5.41) is 15.4. The maximum Gasteiger partial charge on any atom is 0.231 e. The Morgan fingerprint density at radius 2 is 2.12 bits per heavy atom. The zero-order chi connectivity index (χ0) is 24.8. The maximum absolute atomic E-state index is 13.3. The molecule has 1 aromatic rings. The average molecular weight is 491 g/mol. The second-order valence-electron chi connectivity index (χ2n) is 10.9. The molecular formula is C25H35ClN4O4. The minimum absolute atomic E-state index is 0.0268. The van der Waals surface area contributed by atoms with E-state index in [2.05, 4.69) is 10.6 Å². The molecule has 2 fully saturated rings. The van der Waals surface area contributed by atoms with Crippen LogP contribution in [0.2, 0.25) is 5.02 Å². The Balaban J connectivity index is 1.50. The lowest BCUT2D eigenvalue weighted by Gasteiger charge is -2.42. The number of carbonyl (C=O) groups excluding carboxylic acids is 2. The summed E-state index contributed by atoms with van der Waals surface area (Å²) in [6, 6.07) is 5.02. The number of rotatable bonds is 7. The first-order valence-corrected chi connectivity index (χ1v) is 12.3. The molecule has 0 spiro atoms. The van der Waals surface area contributed by atoms with Crippen LogP contribution in [0.3, 0.4) is 0 Å². The van der Waals surface area contributed by atoms with Crippen LogP contribution in [0.4, 0.5) is 0 Å². The van der Waals surface area contributed by atoms with Gasteiger partial charge in [-0.2, -0.15) is 0 Å². The van der Waals surface area contributed by atoms with E-state index < -0.39 is 11.1 Å². The molecule has 3 aliphatic rings. The van der Waals surface area contributed by atoms with Gasteiger partial charge in [-0.1, -0.05) is 17.7 Å². The first-order chi connectivity index (χ1) is 15.9. The molecule has 0 bridgehead atoms. The number of ether oxygens (including phenoxy) is 2. The number of nitrogens with zero attached hydrogens (tertiary/aromatic N) is 1. The van der Waals surface area contributed by atoms with Gasteiger partial charge in [0.2, 0.25) is 11.8 Å². The van der Waals surface area contributed by atoms with Gasteiger partial charge >= 0.3 is 0 Å². The smallest absolute Gasteiger partial charge is 0.231 e. The predicted octanol–water partition coefficient (Wildman–Crippen LogP) is 3.63. The van der Waals surface area contributed by atoms with Crippen LogP contribution in [0.5, 0.6) is 5.75 Å². The highest BCUT2D eigenvalue weighted by atomic mass is 35.5. The van der Waals surface area contributed by atoms with Gasteiger partial charge in [-0.25, -0.2) is 0 Å². The fourth-order valence-electron chi connectivity index (χ4n) is 5.36. The van der Waals surface area contributed by atoms with Gasteiger partial charge in [0.25, 0.3) is 0 Å². The van der Waals surface area contributed by atoms with Crippen molar-refractivity contribution >= 4 is 29.4 Å². The monoisotopic (exact) mass is 490 g/mol. The van der Waals surface area contributed by atoms with E-state index in [0.717, 1.165) is 5.56 Å². The van der Waals surface area contributed by atoms with E-state index in [9.17, 15) is 9.59 Å². The van der Waals surface area contributed by atoms with Crippen LogP contribution in [0.25, 0.3) is 0 Å². The first kappa shape index (κ1) is 24.8. The molecule has 1 saturated carbocycles. The van der Waals surface area contributed by atoms with Gasteiger partial charge < -0.3 is 20.1 Å². The number of methoxy groups -OCH3 is 1.